The molecule has 6 nitrogen and oxygen atoms in total. The van der Waals surface area contributed by atoms with E-state index in [9.17, 15) is 9.59 Å². The summed E-state index contributed by atoms with van der Waals surface area (Å²) in [5, 5.41) is 14.0. The Kier molecular flexibility index (Phi) is 12.8. The number of aliphatic carboxylic acids is 1. The summed E-state index contributed by atoms with van der Waals surface area (Å²) in [6.07, 6.45) is 9.69. The number of aromatic nitrogens is 1. The van der Waals surface area contributed by atoms with Crippen molar-refractivity contribution in [1.29, 1.82) is 0 Å². The van der Waals surface area contributed by atoms with Gasteiger partial charge in [-0.25, -0.2) is 14.2 Å². The lowest BCUT2D eigenvalue weighted by molar-refractivity contribution is -0.132. The molecule has 0 saturated heterocycles. The number of methoxy groups -OCH3 is 1. The second-order valence-electron chi connectivity index (χ2n) is 9.86. The Labute approximate surface area is 254 Å². The molecule has 2 N–H and O–H groups in total. The summed E-state index contributed by atoms with van der Waals surface area (Å²) in [4.78, 5) is 28.4. The summed E-state index contributed by atoms with van der Waals surface area (Å²) in [6.45, 7) is 3.62. The van der Waals surface area contributed by atoms with E-state index >= 15 is 4.39 Å². The molecule has 0 radical (unpaired) electrons. The van der Waals surface area contributed by atoms with E-state index in [-0.39, 0.29) is 38.2 Å². The first kappa shape index (κ1) is 32.7. The van der Waals surface area contributed by atoms with Crippen molar-refractivity contribution in [3.05, 3.63) is 73.8 Å². The number of hydrogen-bond acceptors (Lipinski definition) is 5. The molecule has 220 valence electrons. The minimum absolute atomic E-state index is 0.0499. The second kappa shape index (κ2) is 16.0. The standard InChI is InChI=1S/C31H35Cl2FN2O4S/c1-4-5-6-7-8-11-22(40-3)14-13-20-10-9-12-23(28(20)34)27-18-41-31(35-27)36-29(37)21-16-25(32)24(26(33)17-21)15-19(2)30(38)39/h9-10,12,15-18,22H,4-8,11,13-14H2,1-3H3,(H,38,39)(H,35,36,37)/b19-15+. The zero-order valence-electron chi connectivity index (χ0n) is 23.4. The number of carboxylic acids is 1. The smallest absolute Gasteiger partial charge is 0.331 e. The van der Waals surface area contributed by atoms with Gasteiger partial charge in [0.05, 0.1) is 21.8 Å². The lowest BCUT2D eigenvalue weighted by atomic mass is 9.99. The number of unbranched alkanes of at least 4 members (excludes halogenated alkanes) is 4. The van der Waals surface area contributed by atoms with Crippen molar-refractivity contribution in [2.45, 2.75) is 71.3 Å². The van der Waals surface area contributed by atoms with Crippen LogP contribution in [0, 0.1) is 5.82 Å². The van der Waals surface area contributed by atoms with E-state index in [0.717, 1.165) is 19.3 Å². The summed E-state index contributed by atoms with van der Waals surface area (Å²) >= 11 is 13.7. The van der Waals surface area contributed by atoms with Crippen molar-refractivity contribution in [2.75, 3.05) is 12.4 Å². The van der Waals surface area contributed by atoms with Crippen LogP contribution in [0.3, 0.4) is 0 Å². The number of carbonyl (C=O) groups is 2. The predicted octanol–water partition coefficient (Wildman–Crippen LogP) is 9.30. The molecule has 3 aromatic rings. The molecule has 1 aromatic heterocycles. The van der Waals surface area contributed by atoms with Gasteiger partial charge >= 0.3 is 5.97 Å². The largest absolute Gasteiger partial charge is 0.478 e. The molecule has 0 spiro atoms. The average Bonchev–Trinajstić information content (AvgIpc) is 3.40. The van der Waals surface area contributed by atoms with Crippen LogP contribution < -0.4 is 5.32 Å². The minimum atomic E-state index is -1.10. The molecule has 1 unspecified atom stereocenters. The Bertz CT molecular complexity index is 1370. The van der Waals surface area contributed by atoms with E-state index in [1.807, 2.05) is 6.07 Å². The number of aryl methyl sites for hydroxylation is 1. The lowest BCUT2D eigenvalue weighted by Gasteiger charge is -2.16. The zero-order chi connectivity index (χ0) is 29.9. The van der Waals surface area contributed by atoms with Gasteiger partial charge in [-0.05, 0) is 56.0 Å². The summed E-state index contributed by atoms with van der Waals surface area (Å²) in [5.74, 6) is -1.94. The van der Waals surface area contributed by atoms with E-state index in [4.69, 9.17) is 33.0 Å². The molecule has 10 heteroatoms. The third-order valence-electron chi connectivity index (χ3n) is 6.82. The van der Waals surface area contributed by atoms with Crippen LogP contribution in [0.1, 0.15) is 80.3 Å². The van der Waals surface area contributed by atoms with Gasteiger partial charge in [-0.3, -0.25) is 10.1 Å². The van der Waals surface area contributed by atoms with Crippen LogP contribution in [0.25, 0.3) is 17.3 Å². The van der Waals surface area contributed by atoms with E-state index in [1.165, 1.54) is 62.2 Å². The van der Waals surface area contributed by atoms with Crippen molar-refractivity contribution in [3.8, 4) is 11.3 Å². The molecule has 0 bridgehead atoms. The van der Waals surface area contributed by atoms with Crippen LogP contribution in [-0.2, 0) is 16.0 Å². The van der Waals surface area contributed by atoms with Gasteiger partial charge in [0.2, 0.25) is 0 Å². The van der Waals surface area contributed by atoms with Gasteiger partial charge < -0.3 is 9.84 Å². The molecule has 1 heterocycles. The van der Waals surface area contributed by atoms with E-state index in [1.54, 1.807) is 24.6 Å². The fourth-order valence-corrected chi connectivity index (χ4v) is 5.70. The number of benzene rings is 2. The van der Waals surface area contributed by atoms with Gasteiger partial charge in [0.1, 0.15) is 5.82 Å². The molecule has 2 aromatic carbocycles. The Morgan fingerprint density at radius 3 is 2.51 bits per heavy atom. The number of anilines is 1. The molecule has 0 aliphatic heterocycles. The first-order valence-corrected chi connectivity index (χ1v) is 15.3. The molecular formula is C31H35Cl2FN2O4S. The summed E-state index contributed by atoms with van der Waals surface area (Å²) < 4.78 is 21.1. The molecule has 0 fully saturated rings. The van der Waals surface area contributed by atoms with E-state index in [0.29, 0.717) is 28.8 Å². The van der Waals surface area contributed by atoms with Gasteiger partial charge in [0.25, 0.3) is 5.91 Å². The lowest BCUT2D eigenvalue weighted by Crippen LogP contribution is -2.12. The maximum atomic E-state index is 15.5. The normalized spacial score (nSPS) is 12.4. The fourth-order valence-electron chi connectivity index (χ4n) is 4.40. The maximum absolute atomic E-state index is 15.5. The van der Waals surface area contributed by atoms with Crippen molar-refractivity contribution in [2.24, 2.45) is 0 Å². The molecule has 3 rings (SSSR count). The molecule has 1 amide bonds. The molecule has 1 atom stereocenters. The van der Waals surface area contributed by atoms with Crippen LogP contribution in [0.5, 0.6) is 0 Å². The van der Waals surface area contributed by atoms with Crippen molar-refractivity contribution < 1.29 is 23.8 Å². The van der Waals surface area contributed by atoms with Gasteiger partial charge in [0.15, 0.2) is 5.13 Å². The van der Waals surface area contributed by atoms with E-state index < -0.39 is 11.9 Å². The number of carbonyl (C=O) groups excluding carboxylic acids is 1. The number of thiazole rings is 1. The Balaban J connectivity index is 1.67. The van der Waals surface area contributed by atoms with Gasteiger partial charge in [-0.2, -0.15) is 0 Å². The number of ether oxygens (including phenoxy) is 1. The number of amides is 1. The number of carboxylic acid groups (broad SMARTS) is 1. The topological polar surface area (TPSA) is 88.5 Å². The van der Waals surface area contributed by atoms with Crippen molar-refractivity contribution >= 4 is 57.6 Å². The maximum Gasteiger partial charge on any atom is 0.331 e. The molecule has 41 heavy (non-hydrogen) atoms. The number of hydrogen-bond donors (Lipinski definition) is 2. The van der Waals surface area contributed by atoms with Gasteiger partial charge in [-0.15, -0.1) is 11.3 Å². The van der Waals surface area contributed by atoms with Gasteiger partial charge in [-0.1, -0.05) is 74.4 Å². The number of rotatable bonds is 15. The first-order chi connectivity index (χ1) is 19.6. The average molecular weight is 622 g/mol. The molecular weight excluding hydrogens is 586 g/mol. The molecule has 0 aliphatic rings. The van der Waals surface area contributed by atoms with E-state index in [2.05, 4.69) is 17.2 Å². The quantitative estimate of drug-likeness (QED) is 0.130. The zero-order valence-corrected chi connectivity index (χ0v) is 25.8. The fraction of sp³-hybridized carbons (Fsp3) is 0.387. The summed E-state index contributed by atoms with van der Waals surface area (Å²) in [7, 11) is 1.71. The Morgan fingerprint density at radius 1 is 1.15 bits per heavy atom. The van der Waals surface area contributed by atoms with Crippen LogP contribution in [0.15, 0.2) is 41.3 Å². The summed E-state index contributed by atoms with van der Waals surface area (Å²) in [5.41, 5.74) is 1.92. The van der Waals surface area contributed by atoms with Crippen molar-refractivity contribution in [1.82, 2.24) is 4.98 Å². The highest BCUT2D eigenvalue weighted by Gasteiger charge is 2.18. The van der Waals surface area contributed by atoms with Crippen LogP contribution in [-0.4, -0.2) is 35.2 Å². The third-order valence-corrected chi connectivity index (χ3v) is 8.20. The van der Waals surface area contributed by atoms with Crippen LogP contribution in [0.2, 0.25) is 10.0 Å². The monoisotopic (exact) mass is 620 g/mol. The third kappa shape index (κ3) is 9.36. The van der Waals surface area contributed by atoms with Gasteiger partial charge in [0, 0.05) is 34.8 Å². The highest BCUT2D eigenvalue weighted by molar-refractivity contribution is 7.14. The number of nitrogens with one attached hydrogen (secondary N) is 1. The molecule has 0 aliphatic carbocycles. The molecule has 0 saturated carbocycles. The Hall–Kier alpha value is -2.78. The first-order valence-electron chi connectivity index (χ1n) is 13.6. The number of nitrogens with zero attached hydrogens (tertiary/aromatic N) is 1. The highest BCUT2D eigenvalue weighted by atomic mass is 35.5. The van der Waals surface area contributed by atoms with Crippen LogP contribution >= 0.6 is 34.5 Å². The minimum Gasteiger partial charge on any atom is -0.478 e. The second-order valence-corrected chi connectivity index (χ2v) is 11.5. The Morgan fingerprint density at radius 2 is 1.85 bits per heavy atom. The summed E-state index contributed by atoms with van der Waals surface area (Å²) in [6, 6.07) is 8.07. The van der Waals surface area contributed by atoms with Crippen LogP contribution in [0.4, 0.5) is 9.52 Å². The predicted molar refractivity (Wildman–Crippen MR) is 166 cm³/mol. The SMILES string of the molecule is CCCCCCCC(CCc1cccc(-c2csc(NC(=O)c3cc(Cl)c(/C=C(\C)C(=O)O)c(Cl)c3)n2)c1F)OC. The highest BCUT2D eigenvalue weighted by Crippen LogP contribution is 2.32. The van der Waals surface area contributed by atoms with Crippen molar-refractivity contribution in [3.63, 3.8) is 0 Å². The number of halogens is 3.